The van der Waals surface area contributed by atoms with E-state index < -0.39 is 139 Å². The van der Waals surface area contributed by atoms with Crippen molar-refractivity contribution in [2.75, 3.05) is 85.6 Å². The summed E-state index contributed by atoms with van der Waals surface area (Å²) in [5, 5.41) is 75.3. The molecule has 8 aromatic rings. The largest absolute Gasteiger partial charge is 0.493 e. The molecule has 0 aliphatic rings. The number of benzene rings is 8. The van der Waals surface area contributed by atoms with Gasteiger partial charge in [-0.3, -0.25) is 67.1 Å². The summed E-state index contributed by atoms with van der Waals surface area (Å²) in [6, 6.07) is 37.5. The molecule has 662 valence electrons. The average Bonchev–Trinajstić information content (AvgIpc) is 0.821. The molecule has 4 atom stereocenters. The monoisotopic (exact) mass is 1720 g/mol. The van der Waals surface area contributed by atoms with Crippen LogP contribution in [0, 0.1) is 0 Å². The maximum Gasteiger partial charge on any atom is 0.322 e. The minimum Gasteiger partial charge on any atom is -0.493 e. The van der Waals surface area contributed by atoms with Crippen molar-refractivity contribution in [3.05, 3.63) is 146 Å². The van der Waals surface area contributed by atoms with E-state index in [1.807, 2.05) is 48.5 Å². The van der Waals surface area contributed by atoms with Crippen molar-refractivity contribution >= 4 is 126 Å². The lowest BCUT2D eigenvalue weighted by atomic mass is 10.1. The second kappa shape index (κ2) is 50.8. The number of ether oxygens (including phenoxy) is 8. The Balaban J connectivity index is 0.683. The maximum atomic E-state index is 13.3. The van der Waals surface area contributed by atoms with Crippen LogP contribution in [0.15, 0.2) is 146 Å². The molecule has 0 fully saturated rings. The van der Waals surface area contributed by atoms with Gasteiger partial charge in [-0.1, -0.05) is 97.1 Å². The van der Waals surface area contributed by atoms with Gasteiger partial charge in [0.15, 0.2) is 0 Å². The van der Waals surface area contributed by atoms with E-state index in [1.54, 1.807) is 97.1 Å². The number of fused-ring (bicyclic) bond motifs is 4. The highest BCUT2D eigenvalue weighted by atomic mass is 16.5. The molecular weight excluding hydrogens is 1620 g/mol. The minimum absolute atomic E-state index is 0.0712. The number of hydrogen-bond acceptors (Lipinski definition) is 22. The summed E-state index contributed by atoms with van der Waals surface area (Å²) in [5.41, 5.74) is 0. The van der Waals surface area contributed by atoms with E-state index >= 15 is 0 Å². The number of carbonyl (C=O) groups is 14. The predicted molar refractivity (Wildman–Crippen MR) is 450 cm³/mol. The van der Waals surface area contributed by atoms with Gasteiger partial charge in [-0.2, -0.15) is 0 Å². The molecule has 0 radical (unpaired) electrons. The summed E-state index contributed by atoms with van der Waals surface area (Å²) in [6.07, 6.45) is -0.491. The number of hydrogen-bond donors (Lipinski definition) is 14. The van der Waals surface area contributed by atoms with Crippen molar-refractivity contribution in [1.82, 2.24) is 47.9 Å². The lowest BCUT2D eigenvalue weighted by Crippen LogP contribution is -2.48. The Morgan fingerprint density at radius 2 is 0.444 bits per heavy atom. The lowest BCUT2D eigenvalue weighted by Gasteiger charge is -2.18. The van der Waals surface area contributed by atoms with Crippen LogP contribution in [0.25, 0.3) is 43.1 Å². The minimum atomic E-state index is -1.38. The summed E-state index contributed by atoms with van der Waals surface area (Å²) in [7, 11) is 0. The molecular formula is C88H103N9O27. The van der Waals surface area contributed by atoms with E-state index in [9.17, 15) is 82.4 Å². The summed E-state index contributed by atoms with van der Waals surface area (Å²) in [6.45, 7) is 2.24. The Kier molecular flexibility index (Phi) is 39.0. The number of carboxylic acids is 5. The highest BCUT2D eigenvalue weighted by molar-refractivity contribution is 5.98. The zero-order valence-corrected chi connectivity index (χ0v) is 68.4. The van der Waals surface area contributed by atoms with E-state index in [4.69, 9.17) is 48.1 Å². The van der Waals surface area contributed by atoms with Crippen molar-refractivity contribution in [3.8, 4) is 46.0 Å². The Labute approximate surface area is 712 Å². The Bertz CT molecular complexity index is 5030. The molecule has 124 heavy (non-hydrogen) atoms. The first-order valence-electron chi connectivity index (χ1n) is 40.5. The van der Waals surface area contributed by atoms with Crippen LogP contribution in [-0.4, -0.2) is 218 Å². The van der Waals surface area contributed by atoms with Crippen LogP contribution in [0.2, 0.25) is 0 Å². The molecule has 0 heterocycles. The quantitative estimate of drug-likeness (QED) is 0.0178. The maximum absolute atomic E-state index is 13.3. The van der Waals surface area contributed by atoms with Crippen LogP contribution in [-0.2, 0) is 67.1 Å². The zero-order chi connectivity index (χ0) is 89.1. The molecule has 0 spiro atoms. The van der Waals surface area contributed by atoms with Crippen molar-refractivity contribution in [1.29, 1.82) is 0 Å². The molecule has 0 saturated carbocycles. The molecule has 14 N–H and O–H groups in total. The van der Waals surface area contributed by atoms with Gasteiger partial charge in [0.05, 0.1) is 78.5 Å². The predicted octanol–water partition coefficient (Wildman–Crippen LogP) is 6.64. The van der Waals surface area contributed by atoms with Crippen LogP contribution in [0.5, 0.6) is 46.0 Å². The number of carboxylic acid groups (broad SMARTS) is 5. The lowest BCUT2D eigenvalue weighted by molar-refractivity contribution is -0.141. The van der Waals surface area contributed by atoms with Gasteiger partial charge in [0.1, 0.15) is 76.7 Å². The average molecular weight is 1720 g/mol. The summed E-state index contributed by atoms with van der Waals surface area (Å²) in [4.78, 5) is 172. The van der Waals surface area contributed by atoms with Crippen molar-refractivity contribution < 1.29 is 131 Å². The third-order valence-corrected chi connectivity index (χ3v) is 18.7. The van der Waals surface area contributed by atoms with E-state index in [0.717, 1.165) is 21.5 Å². The van der Waals surface area contributed by atoms with Gasteiger partial charge in [-0.15, -0.1) is 0 Å². The fourth-order valence-electron chi connectivity index (χ4n) is 12.9. The molecule has 8 aromatic carbocycles. The van der Waals surface area contributed by atoms with Crippen LogP contribution in [0.3, 0.4) is 0 Å². The Hall–Kier alpha value is -14.2. The third-order valence-electron chi connectivity index (χ3n) is 18.7. The second-order valence-electron chi connectivity index (χ2n) is 28.4. The fourth-order valence-corrected chi connectivity index (χ4v) is 12.9. The van der Waals surface area contributed by atoms with Crippen molar-refractivity contribution in [3.63, 3.8) is 0 Å². The molecule has 0 bridgehead atoms. The number of rotatable bonds is 58. The smallest absolute Gasteiger partial charge is 0.322 e. The molecule has 8 rings (SSSR count). The SMILES string of the molecule is CC(=O)N[C@@H](CC(=O)O)C(=O)NCCCOc1cccc2c(OCCCC(=O)N[C@@H](CC(=O)O)C(=O)NCCCOc3cccc4c(OCCCC(=O)N[C@@H](CC(=O)O)C(=O)NCCCOc5cccc6c(OCCCC(=O)N[C@@H](CC(=O)O)C(=O)NCCCOc7cccc8c(OCCCC(=O)NCC(=O)O)cccc78)cccc56)cccc34)cccc12. The van der Waals surface area contributed by atoms with Crippen LogP contribution in [0.4, 0.5) is 0 Å². The Morgan fingerprint density at radius 1 is 0.250 bits per heavy atom. The highest BCUT2D eigenvalue weighted by Crippen LogP contribution is 2.37. The van der Waals surface area contributed by atoms with Gasteiger partial charge in [0, 0.05) is 102 Å². The fraction of sp³-hybridized carbons (Fsp3) is 0.386. The number of nitrogens with one attached hydrogen (secondary N) is 9. The van der Waals surface area contributed by atoms with Gasteiger partial charge in [-0.05, 0) is 99.9 Å². The standard InChI is InChI=1S/C88H103N9O27/c1-55(98)94-64(50-80(103)104)85(113)89-38-14-46-121-73-31-7-19-57-61(73)23-3-27-69(57)118-43-11-35-77(100)96-66(52-82(107)108)87(115)91-40-16-48-123-75-33-9-21-59-63(75)25-5-29-71(59)120-45-13-37-79(102)97-67(53-83(109)110)88(116)92-41-17-49-124-74-32-8-20-58-62(74)24-4-28-70(58)119-44-12-36-78(101)95-65(51-81(105)106)86(114)90-39-15-47-122-72-30-6-18-56-60(72)22-2-26-68(56)117-42-10-34-76(99)93-54-84(111)112/h2-9,18-33,64-67H,10-17,34-54H2,1H3,(H,89,113)(H,90,114)(H,91,115)(H,92,116)(H,93,99)(H,94,98)(H,95,101)(H,96,100)(H,97,102)(H,103,104)(H,105,106)(H,107,108)(H,109,110)(H,111,112)/t64-,65-,66-,67-/m0/s1. The number of aliphatic carboxylic acids is 5. The Morgan fingerprint density at radius 3 is 0.637 bits per heavy atom. The van der Waals surface area contributed by atoms with Crippen LogP contribution < -0.4 is 85.7 Å². The molecule has 0 aromatic heterocycles. The first kappa shape index (κ1) is 95.3. The second-order valence-corrected chi connectivity index (χ2v) is 28.4. The normalized spacial score (nSPS) is 11.9. The van der Waals surface area contributed by atoms with Crippen LogP contribution >= 0.6 is 0 Å². The van der Waals surface area contributed by atoms with Crippen molar-refractivity contribution in [2.24, 2.45) is 0 Å². The molecule has 9 amide bonds. The number of amides is 9. The third kappa shape index (κ3) is 32.4. The molecule has 36 nitrogen and oxygen atoms in total. The van der Waals surface area contributed by atoms with E-state index in [2.05, 4.69) is 47.9 Å². The summed E-state index contributed by atoms with van der Waals surface area (Å²) >= 11 is 0. The van der Waals surface area contributed by atoms with Gasteiger partial charge >= 0.3 is 29.8 Å². The first-order valence-corrected chi connectivity index (χ1v) is 40.5. The van der Waals surface area contributed by atoms with Gasteiger partial charge in [0.25, 0.3) is 0 Å². The zero-order valence-electron chi connectivity index (χ0n) is 68.4. The van der Waals surface area contributed by atoms with E-state index in [-0.39, 0.29) is 124 Å². The summed E-state index contributed by atoms with van der Waals surface area (Å²) in [5.74, 6) is -7.54. The van der Waals surface area contributed by atoms with Gasteiger partial charge < -0.3 is 111 Å². The molecule has 0 saturated heterocycles. The molecule has 36 heteroatoms. The topological polar surface area (TPSA) is 522 Å². The highest BCUT2D eigenvalue weighted by Gasteiger charge is 2.28. The van der Waals surface area contributed by atoms with Gasteiger partial charge in [-0.25, -0.2) is 0 Å². The van der Waals surface area contributed by atoms with Crippen LogP contribution in [0.1, 0.15) is 110 Å². The molecule has 0 unspecified atom stereocenters. The molecule has 0 aliphatic carbocycles. The molecule has 0 aliphatic heterocycles. The van der Waals surface area contributed by atoms with E-state index in [0.29, 0.717) is 99.6 Å². The number of carbonyl (C=O) groups excluding carboxylic acids is 9. The first-order chi connectivity index (χ1) is 59.8. The summed E-state index contributed by atoms with van der Waals surface area (Å²) < 4.78 is 48.3. The van der Waals surface area contributed by atoms with Crippen molar-refractivity contribution in [2.45, 2.75) is 134 Å². The van der Waals surface area contributed by atoms with E-state index in [1.165, 1.54) is 6.92 Å². The van der Waals surface area contributed by atoms with Gasteiger partial charge in [0.2, 0.25) is 53.2 Å².